The Bertz CT molecular complexity index is 830. The van der Waals surface area contributed by atoms with E-state index in [1.54, 1.807) is 18.2 Å². The van der Waals surface area contributed by atoms with E-state index in [-0.39, 0.29) is 11.7 Å². The quantitative estimate of drug-likeness (QED) is 0.443. The Balaban J connectivity index is 1.52. The fraction of sp³-hybridized carbons (Fsp3) is 0.0625. The SMILES string of the molecule is O=C(CSc1nc2ccccc2o1)N/N=C\c1ccccc1F. The van der Waals surface area contributed by atoms with E-state index in [1.807, 2.05) is 24.3 Å². The van der Waals surface area contributed by atoms with Gasteiger partial charge in [-0.15, -0.1) is 0 Å². The summed E-state index contributed by atoms with van der Waals surface area (Å²) in [4.78, 5) is 16.0. The third-order valence-corrected chi connectivity index (χ3v) is 3.73. The van der Waals surface area contributed by atoms with Gasteiger partial charge in [-0.2, -0.15) is 5.10 Å². The monoisotopic (exact) mass is 329 g/mol. The van der Waals surface area contributed by atoms with Gasteiger partial charge in [-0.25, -0.2) is 14.8 Å². The van der Waals surface area contributed by atoms with Gasteiger partial charge in [0.1, 0.15) is 11.3 Å². The number of hydrogen-bond donors (Lipinski definition) is 1. The summed E-state index contributed by atoms with van der Waals surface area (Å²) in [5.74, 6) is -0.627. The van der Waals surface area contributed by atoms with Gasteiger partial charge in [0.15, 0.2) is 5.58 Å². The molecule has 0 aliphatic rings. The number of para-hydroxylation sites is 2. The van der Waals surface area contributed by atoms with Gasteiger partial charge in [0.25, 0.3) is 11.1 Å². The molecule has 0 aliphatic carbocycles. The van der Waals surface area contributed by atoms with E-state index in [9.17, 15) is 9.18 Å². The van der Waals surface area contributed by atoms with Crippen molar-refractivity contribution >= 4 is 35.0 Å². The Morgan fingerprint density at radius 2 is 2.04 bits per heavy atom. The molecule has 1 aromatic heterocycles. The van der Waals surface area contributed by atoms with Crippen LogP contribution in [0.2, 0.25) is 0 Å². The van der Waals surface area contributed by atoms with Crippen LogP contribution in [0.1, 0.15) is 5.56 Å². The Morgan fingerprint density at radius 3 is 2.87 bits per heavy atom. The first-order valence-corrected chi connectivity index (χ1v) is 7.76. The van der Waals surface area contributed by atoms with Crippen molar-refractivity contribution < 1.29 is 13.6 Å². The first-order chi connectivity index (χ1) is 11.2. The van der Waals surface area contributed by atoms with Crippen LogP contribution >= 0.6 is 11.8 Å². The van der Waals surface area contributed by atoms with Crippen molar-refractivity contribution in [3.63, 3.8) is 0 Å². The minimum atomic E-state index is -0.397. The molecular formula is C16H12FN3O2S. The van der Waals surface area contributed by atoms with Crippen molar-refractivity contribution in [3.8, 4) is 0 Å². The minimum Gasteiger partial charge on any atom is -0.431 e. The maximum Gasteiger partial charge on any atom is 0.257 e. The van der Waals surface area contributed by atoms with Gasteiger partial charge >= 0.3 is 0 Å². The number of benzene rings is 2. The molecule has 0 saturated carbocycles. The molecule has 0 fully saturated rings. The molecule has 0 unspecified atom stereocenters. The number of nitrogens with zero attached hydrogens (tertiary/aromatic N) is 2. The Hall–Kier alpha value is -2.67. The molecule has 3 rings (SSSR count). The smallest absolute Gasteiger partial charge is 0.257 e. The van der Waals surface area contributed by atoms with E-state index >= 15 is 0 Å². The lowest BCUT2D eigenvalue weighted by atomic mass is 10.2. The molecule has 2 aromatic carbocycles. The minimum absolute atomic E-state index is 0.0986. The average molecular weight is 329 g/mol. The number of carbonyl (C=O) groups is 1. The second-order valence-electron chi connectivity index (χ2n) is 4.55. The molecule has 0 aliphatic heterocycles. The van der Waals surface area contributed by atoms with Crippen LogP contribution in [0.25, 0.3) is 11.1 Å². The molecule has 0 saturated heterocycles. The molecule has 0 bridgehead atoms. The van der Waals surface area contributed by atoms with E-state index in [2.05, 4.69) is 15.5 Å². The van der Waals surface area contributed by atoms with Gasteiger partial charge in [0, 0.05) is 5.56 Å². The Kier molecular flexibility index (Phi) is 4.68. The highest BCUT2D eigenvalue weighted by molar-refractivity contribution is 7.99. The van der Waals surface area contributed by atoms with E-state index < -0.39 is 5.82 Å². The lowest BCUT2D eigenvalue weighted by Crippen LogP contribution is -2.19. The number of hydrazone groups is 1. The zero-order chi connectivity index (χ0) is 16.1. The largest absolute Gasteiger partial charge is 0.431 e. The van der Waals surface area contributed by atoms with Crippen molar-refractivity contribution in [1.82, 2.24) is 10.4 Å². The number of aromatic nitrogens is 1. The molecule has 0 radical (unpaired) electrons. The fourth-order valence-corrected chi connectivity index (χ4v) is 2.46. The molecule has 7 heteroatoms. The van der Waals surface area contributed by atoms with Crippen molar-refractivity contribution in [3.05, 3.63) is 59.9 Å². The highest BCUT2D eigenvalue weighted by Crippen LogP contribution is 2.22. The highest BCUT2D eigenvalue weighted by Gasteiger charge is 2.08. The summed E-state index contributed by atoms with van der Waals surface area (Å²) < 4.78 is 18.8. The zero-order valence-corrected chi connectivity index (χ0v) is 12.7. The predicted molar refractivity (Wildman–Crippen MR) is 86.9 cm³/mol. The molecule has 1 heterocycles. The first kappa shape index (κ1) is 15.2. The molecular weight excluding hydrogens is 317 g/mol. The maximum absolute atomic E-state index is 13.4. The van der Waals surface area contributed by atoms with Crippen molar-refractivity contribution in [1.29, 1.82) is 0 Å². The van der Waals surface area contributed by atoms with Crippen LogP contribution in [0, 0.1) is 5.82 Å². The number of hydrogen-bond acceptors (Lipinski definition) is 5. The molecule has 116 valence electrons. The van der Waals surface area contributed by atoms with Crippen LogP contribution in [-0.2, 0) is 4.79 Å². The topological polar surface area (TPSA) is 67.5 Å². The van der Waals surface area contributed by atoms with Crippen LogP contribution in [0.5, 0.6) is 0 Å². The molecule has 1 amide bonds. The first-order valence-electron chi connectivity index (χ1n) is 6.77. The summed E-state index contributed by atoms with van der Waals surface area (Å²) in [5, 5.41) is 4.14. The Labute approximate surface area is 135 Å². The van der Waals surface area contributed by atoms with Gasteiger partial charge in [-0.1, -0.05) is 42.1 Å². The summed E-state index contributed by atoms with van der Waals surface area (Å²) in [5.41, 5.74) is 4.06. The third kappa shape index (κ3) is 3.95. The molecule has 0 atom stereocenters. The lowest BCUT2D eigenvalue weighted by molar-refractivity contribution is -0.118. The number of rotatable bonds is 5. The highest BCUT2D eigenvalue weighted by atomic mass is 32.2. The number of thioether (sulfide) groups is 1. The summed E-state index contributed by atoms with van der Waals surface area (Å²) >= 11 is 1.17. The van der Waals surface area contributed by atoms with Crippen LogP contribution in [0.4, 0.5) is 4.39 Å². The summed E-state index contributed by atoms with van der Waals surface area (Å²) in [6.45, 7) is 0. The van der Waals surface area contributed by atoms with Crippen molar-refractivity contribution in [2.45, 2.75) is 5.22 Å². The van der Waals surface area contributed by atoms with Crippen molar-refractivity contribution in [2.24, 2.45) is 5.10 Å². The van der Waals surface area contributed by atoms with Crippen LogP contribution in [-0.4, -0.2) is 22.9 Å². The molecule has 5 nitrogen and oxygen atoms in total. The van der Waals surface area contributed by atoms with Crippen LogP contribution in [0.15, 0.2) is 63.3 Å². The van der Waals surface area contributed by atoms with Crippen molar-refractivity contribution in [2.75, 3.05) is 5.75 Å². The average Bonchev–Trinajstić information content (AvgIpc) is 2.98. The van der Waals surface area contributed by atoms with E-state index in [0.717, 1.165) is 5.52 Å². The molecule has 3 aromatic rings. The second-order valence-corrected chi connectivity index (χ2v) is 5.48. The molecule has 0 spiro atoms. The van der Waals surface area contributed by atoms with Gasteiger partial charge < -0.3 is 4.42 Å². The number of fused-ring (bicyclic) bond motifs is 1. The van der Waals surface area contributed by atoms with E-state index in [1.165, 1.54) is 24.0 Å². The number of oxazole rings is 1. The lowest BCUT2D eigenvalue weighted by Gasteiger charge is -1.98. The zero-order valence-electron chi connectivity index (χ0n) is 11.9. The second kappa shape index (κ2) is 7.06. The number of carbonyl (C=O) groups excluding carboxylic acids is 1. The van der Waals surface area contributed by atoms with Gasteiger partial charge in [0.05, 0.1) is 12.0 Å². The summed E-state index contributed by atoms with van der Waals surface area (Å²) in [6, 6.07) is 13.5. The van der Waals surface area contributed by atoms with Gasteiger partial charge in [-0.3, -0.25) is 4.79 Å². The third-order valence-electron chi connectivity index (χ3n) is 2.90. The molecule has 1 N–H and O–H groups in total. The predicted octanol–water partition coefficient (Wildman–Crippen LogP) is 3.21. The number of nitrogens with one attached hydrogen (secondary N) is 1. The number of amides is 1. The maximum atomic E-state index is 13.4. The van der Waals surface area contributed by atoms with Gasteiger partial charge in [-0.05, 0) is 18.2 Å². The summed E-state index contributed by atoms with van der Waals surface area (Å²) in [7, 11) is 0. The normalized spacial score (nSPS) is 11.2. The standard InChI is InChI=1S/C16H12FN3O2S/c17-12-6-2-1-5-11(12)9-18-20-15(21)10-23-16-19-13-7-3-4-8-14(13)22-16/h1-9H,10H2,(H,20,21)/b18-9-. The fourth-order valence-electron chi connectivity index (χ4n) is 1.83. The van der Waals surface area contributed by atoms with Crippen LogP contribution in [0.3, 0.4) is 0 Å². The van der Waals surface area contributed by atoms with Gasteiger partial charge in [0.2, 0.25) is 0 Å². The molecule has 23 heavy (non-hydrogen) atoms. The number of halogens is 1. The van der Waals surface area contributed by atoms with E-state index in [0.29, 0.717) is 16.4 Å². The van der Waals surface area contributed by atoms with Crippen LogP contribution < -0.4 is 5.43 Å². The Morgan fingerprint density at radius 1 is 1.26 bits per heavy atom. The van der Waals surface area contributed by atoms with E-state index in [4.69, 9.17) is 4.42 Å². The summed E-state index contributed by atoms with van der Waals surface area (Å²) in [6.07, 6.45) is 1.26.